The van der Waals surface area contributed by atoms with Crippen LogP contribution in [-0.2, 0) is 11.2 Å². The highest BCUT2D eigenvalue weighted by Crippen LogP contribution is 2.32. The molecule has 0 amide bonds. The number of halogens is 5. The molecule has 1 saturated carbocycles. The molecule has 3 rings (SSSR count). The molecule has 4 nitrogen and oxygen atoms in total. The molecule has 0 unspecified atom stereocenters. The van der Waals surface area contributed by atoms with Crippen molar-refractivity contribution in [1.29, 1.82) is 0 Å². The van der Waals surface area contributed by atoms with E-state index in [0.29, 0.717) is 5.89 Å². The lowest BCUT2D eigenvalue weighted by Gasteiger charge is -2.17. The van der Waals surface area contributed by atoms with Gasteiger partial charge in [0.15, 0.2) is 5.89 Å². The first kappa shape index (κ1) is 18.3. The van der Waals surface area contributed by atoms with Gasteiger partial charge in [-0.25, -0.2) is 18.2 Å². The van der Waals surface area contributed by atoms with Crippen molar-refractivity contribution in [3.8, 4) is 5.75 Å². The average molecular weight is 375 g/mol. The van der Waals surface area contributed by atoms with Crippen LogP contribution >= 0.6 is 0 Å². The first-order valence-electron chi connectivity index (χ1n) is 8.05. The van der Waals surface area contributed by atoms with E-state index in [4.69, 9.17) is 4.42 Å². The normalized spacial score (nSPS) is 15.3. The summed E-state index contributed by atoms with van der Waals surface area (Å²) in [6.07, 6.45) is 5.73. The standard InChI is InChI=1S/C17H14F5NO3/c18-11-12(19)14(21)16(15(22)13(11)20)26-10(24)6-9-7-25-17(23-9)8-4-2-1-3-5-8/h7-8H,1-6H2. The topological polar surface area (TPSA) is 52.3 Å². The Hall–Kier alpha value is -2.45. The molecular weight excluding hydrogens is 361 g/mol. The molecule has 0 bridgehead atoms. The molecule has 0 radical (unpaired) electrons. The van der Waals surface area contributed by atoms with Crippen LogP contribution < -0.4 is 4.74 Å². The summed E-state index contributed by atoms with van der Waals surface area (Å²) in [4.78, 5) is 15.9. The molecule has 0 aliphatic heterocycles. The molecule has 1 aliphatic rings. The minimum atomic E-state index is -2.33. The third-order valence-electron chi connectivity index (χ3n) is 4.23. The van der Waals surface area contributed by atoms with Gasteiger partial charge in [0, 0.05) is 5.92 Å². The SMILES string of the molecule is O=C(Cc1coc(C2CCCCC2)n1)Oc1c(F)c(F)c(F)c(F)c1F. The quantitative estimate of drug-likeness (QED) is 0.258. The summed E-state index contributed by atoms with van der Waals surface area (Å²) in [5, 5.41) is 0. The van der Waals surface area contributed by atoms with Gasteiger partial charge in [-0.05, 0) is 12.8 Å². The molecule has 0 atom stereocenters. The van der Waals surface area contributed by atoms with E-state index >= 15 is 0 Å². The van der Waals surface area contributed by atoms with Crippen molar-refractivity contribution >= 4 is 5.97 Å². The van der Waals surface area contributed by atoms with E-state index in [2.05, 4.69) is 9.72 Å². The Kier molecular flexibility index (Phi) is 5.24. The number of carbonyl (C=O) groups is 1. The fraction of sp³-hybridized carbons (Fsp3) is 0.412. The van der Waals surface area contributed by atoms with E-state index in [9.17, 15) is 26.7 Å². The van der Waals surface area contributed by atoms with Crippen molar-refractivity contribution < 1.29 is 35.9 Å². The van der Waals surface area contributed by atoms with Crippen LogP contribution in [0, 0.1) is 29.1 Å². The Morgan fingerprint density at radius 2 is 1.58 bits per heavy atom. The van der Waals surface area contributed by atoms with Crippen LogP contribution in [-0.4, -0.2) is 11.0 Å². The Bertz CT molecular complexity index is 801. The fourth-order valence-corrected chi connectivity index (χ4v) is 2.91. The second-order valence-electron chi connectivity index (χ2n) is 6.06. The zero-order valence-electron chi connectivity index (χ0n) is 13.5. The second-order valence-corrected chi connectivity index (χ2v) is 6.06. The van der Waals surface area contributed by atoms with Crippen LogP contribution in [0.15, 0.2) is 10.7 Å². The molecular formula is C17H14F5NO3. The van der Waals surface area contributed by atoms with Crippen molar-refractivity contribution in [3.05, 3.63) is 46.9 Å². The Balaban J connectivity index is 1.71. The molecule has 1 aliphatic carbocycles. The van der Waals surface area contributed by atoms with Gasteiger partial charge in [0.2, 0.25) is 34.8 Å². The van der Waals surface area contributed by atoms with E-state index in [1.807, 2.05) is 0 Å². The molecule has 1 fully saturated rings. The number of carbonyl (C=O) groups excluding carboxylic acids is 1. The van der Waals surface area contributed by atoms with Crippen molar-refractivity contribution in [2.24, 2.45) is 0 Å². The lowest BCUT2D eigenvalue weighted by Crippen LogP contribution is -2.16. The second kappa shape index (κ2) is 7.43. The predicted molar refractivity (Wildman–Crippen MR) is 77.9 cm³/mol. The average Bonchev–Trinajstić information content (AvgIpc) is 3.11. The van der Waals surface area contributed by atoms with Gasteiger partial charge in [-0.3, -0.25) is 4.79 Å². The molecule has 140 valence electrons. The van der Waals surface area contributed by atoms with Crippen LogP contribution in [0.5, 0.6) is 5.75 Å². The first-order chi connectivity index (χ1) is 12.4. The fourth-order valence-electron chi connectivity index (χ4n) is 2.91. The van der Waals surface area contributed by atoms with Crippen LogP contribution in [0.4, 0.5) is 22.0 Å². The molecule has 0 spiro atoms. The summed E-state index contributed by atoms with van der Waals surface area (Å²) in [6, 6.07) is 0. The molecule has 0 saturated heterocycles. The van der Waals surface area contributed by atoms with Gasteiger partial charge in [0.1, 0.15) is 6.26 Å². The number of aromatic nitrogens is 1. The number of rotatable bonds is 4. The van der Waals surface area contributed by atoms with E-state index in [0.717, 1.165) is 32.1 Å². The summed E-state index contributed by atoms with van der Waals surface area (Å²) < 4.78 is 75.9. The summed E-state index contributed by atoms with van der Waals surface area (Å²) in [5.41, 5.74) is 0.152. The van der Waals surface area contributed by atoms with Crippen LogP contribution in [0.2, 0.25) is 0 Å². The maximum absolute atomic E-state index is 13.5. The van der Waals surface area contributed by atoms with E-state index in [1.54, 1.807) is 0 Å². The van der Waals surface area contributed by atoms with Gasteiger partial charge >= 0.3 is 5.97 Å². The molecule has 1 aromatic carbocycles. The molecule has 1 aromatic heterocycles. The minimum Gasteiger partial charge on any atom is -0.448 e. The van der Waals surface area contributed by atoms with E-state index in [1.165, 1.54) is 6.26 Å². The zero-order chi connectivity index (χ0) is 18.8. The van der Waals surface area contributed by atoms with Crippen molar-refractivity contribution in [3.63, 3.8) is 0 Å². The van der Waals surface area contributed by atoms with Gasteiger partial charge in [-0.1, -0.05) is 19.3 Å². The van der Waals surface area contributed by atoms with Gasteiger partial charge < -0.3 is 9.15 Å². The number of esters is 1. The number of ether oxygens (including phenoxy) is 1. The highest BCUT2D eigenvalue weighted by atomic mass is 19.2. The van der Waals surface area contributed by atoms with Crippen molar-refractivity contribution in [2.45, 2.75) is 44.4 Å². The highest BCUT2D eigenvalue weighted by Gasteiger charge is 2.29. The zero-order valence-corrected chi connectivity index (χ0v) is 13.5. The summed E-state index contributed by atoms with van der Waals surface area (Å²) >= 11 is 0. The predicted octanol–water partition coefficient (Wildman–Crippen LogP) is 4.57. The summed E-state index contributed by atoms with van der Waals surface area (Å²) in [6.45, 7) is 0. The summed E-state index contributed by atoms with van der Waals surface area (Å²) in [5.74, 6) is -13.4. The molecule has 0 N–H and O–H groups in total. The van der Waals surface area contributed by atoms with Gasteiger partial charge in [-0.2, -0.15) is 8.78 Å². The van der Waals surface area contributed by atoms with E-state index in [-0.39, 0.29) is 11.6 Å². The maximum Gasteiger partial charge on any atom is 0.317 e. The van der Waals surface area contributed by atoms with Crippen LogP contribution in [0.1, 0.15) is 49.6 Å². The van der Waals surface area contributed by atoms with Gasteiger partial charge in [0.05, 0.1) is 12.1 Å². The Morgan fingerprint density at radius 1 is 1.00 bits per heavy atom. The van der Waals surface area contributed by atoms with E-state index < -0.39 is 47.2 Å². The number of nitrogens with zero attached hydrogens (tertiary/aromatic N) is 1. The van der Waals surface area contributed by atoms with Crippen LogP contribution in [0.25, 0.3) is 0 Å². The lowest BCUT2D eigenvalue weighted by molar-refractivity contribution is -0.134. The third kappa shape index (κ3) is 3.56. The minimum absolute atomic E-state index is 0.142. The number of benzene rings is 1. The summed E-state index contributed by atoms with van der Waals surface area (Å²) in [7, 11) is 0. The molecule has 1 heterocycles. The van der Waals surface area contributed by atoms with Crippen molar-refractivity contribution in [1.82, 2.24) is 4.98 Å². The van der Waals surface area contributed by atoms with Gasteiger partial charge in [0.25, 0.3) is 0 Å². The maximum atomic E-state index is 13.5. The lowest BCUT2D eigenvalue weighted by atomic mass is 9.89. The number of oxazole rings is 1. The number of hydrogen-bond acceptors (Lipinski definition) is 4. The molecule has 2 aromatic rings. The molecule has 9 heteroatoms. The third-order valence-corrected chi connectivity index (χ3v) is 4.23. The van der Waals surface area contributed by atoms with Crippen molar-refractivity contribution in [2.75, 3.05) is 0 Å². The first-order valence-corrected chi connectivity index (χ1v) is 8.05. The highest BCUT2D eigenvalue weighted by molar-refractivity contribution is 5.74. The van der Waals surface area contributed by atoms with Crippen LogP contribution in [0.3, 0.4) is 0 Å². The smallest absolute Gasteiger partial charge is 0.317 e. The number of hydrogen-bond donors (Lipinski definition) is 0. The Morgan fingerprint density at radius 3 is 2.19 bits per heavy atom. The Labute approximate surface area is 145 Å². The largest absolute Gasteiger partial charge is 0.448 e. The van der Waals surface area contributed by atoms with Gasteiger partial charge in [-0.15, -0.1) is 0 Å². The monoisotopic (exact) mass is 375 g/mol. The molecule has 26 heavy (non-hydrogen) atoms.